The van der Waals surface area contributed by atoms with Crippen LogP contribution in [0, 0.1) is 17.5 Å². The number of halogens is 4. The Morgan fingerprint density at radius 3 is 2.25 bits per heavy atom. The summed E-state index contributed by atoms with van der Waals surface area (Å²) >= 11 is 2.93. The number of rotatable bonds is 3. The first-order valence-electron chi connectivity index (χ1n) is 5.22. The third kappa shape index (κ3) is 3.13. The fourth-order valence-electron chi connectivity index (χ4n) is 1.46. The van der Waals surface area contributed by atoms with Gasteiger partial charge in [-0.2, -0.15) is 0 Å². The predicted octanol–water partition coefficient (Wildman–Crippen LogP) is 3.67. The summed E-state index contributed by atoms with van der Waals surface area (Å²) in [6.45, 7) is 0. The molecule has 0 aliphatic carbocycles. The summed E-state index contributed by atoms with van der Waals surface area (Å²) in [5.41, 5.74) is -0.139. The Bertz CT molecular complexity index is 765. The highest BCUT2D eigenvalue weighted by Gasteiger charge is 2.18. The molecule has 3 nitrogen and oxygen atoms in total. The van der Waals surface area contributed by atoms with E-state index >= 15 is 0 Å². The van der Waals surface area contributed by atoms with Crippen LogP contribution in [0.25, 0.3) is 0 Å². The van der Waals surface area contributed by atoms with Gasteiger partial charge in [-0.05, 0) is 46.3 Å². The monoisotopic (exact) mass is 365 g/mol. The number of benzene rings is 2. The van der Waals surface area contributed by atoms with Crippen molar-refractivity contribution in [2.45, 2.75) is 4.90 Å². The Kier molecular flexibility index (Phi) is 4.05. The van der Waals surface area contributed by atoms with Gasteiger partial charge in [0.05, 0.1) is 5.69 Å². The molecule has 0 heterocycles. The molecule has 0 amide bonds. The summed E-state index contributed by atoms with van der Waals surface area (Å²) in [5, 5.41) is 0. The highest BCUT2D eigenvalue weighted by molar-refractivity contribution is 9.10. The van der Waals surface area contributed by atoms with E-state index in [-0.39, 0.29) is 15.1 Å². The molecule has 2 aromatic carbocycles. The Morgan fingerprint density at radius 2 is 1.65 bits per heavy atom. The lowest BCUT2D eigenvalue weighted by molar-refractivity contribution is 0.509. The van der Waals surface area contributed by atoms with Gasteiger partial charge in [0.2, 0.25) is 0 Å². The summed E-state index contributed by atoms with van der Waals surface area (Å²) in [4.78, 5) is -0.219. The molecule has 0 aromatic heterocycles. The topological polar surface area (TPSA) is 46.2 Å². The Morgan fingerprint density at radius 1 is 0.950 bits per heavy atom. The lowest BCUT2D eigenvalue weighted by atomic mass is 10.3. The molecule has 0 radical (unpaired) electrons. The molecular weight excluding hydrogens is 359 g/mol. The molecule has 0 unspecified atom stereocenters. The minimum Gasteiger partial charge on any atom is -0.279 e. The van der Waals surface area contributed by atoms with Crippen molar-refractivity contribution >= 4 is 31.6 Å². The molecule has 0 aliphatic rings. The van der Waals surface area contributed by atoms with E-state index in [1.165, 1.54) is 0 Å². The van der Waals surface area contributed by atoms with Gasteiger partial charge in [-0.15, -0.1) is 0 Å². The van der Waals surface area contributed by atoms with E-state index < -0.39 is 27.5 Å². The maximum atomic E-state index is 13.0. The van der Waals surface area contributed by atoms with Crippen LogP contribution in [0.3, 0.4) is 0 Å². The van der Waals surface area contributed by atoms with E-state index in [4.69, 9.17) is 0 Å². The second kappa shape index (κ2) is 5.45. The van der Waals surface area contributed by atoms with Crippen molar-refractivity contribution in [3.8, 4) is 0 Å². The normalized spacial score (nSPS) is 11.4. The van der Waals surface area contributed by atoms with Crippen molar-refractivity contribution in [1.29, 1.82) is 0 Å². The quantitative estimate of drug-likeness (QED) is 0.901. The number of anilines is 1. The van der Waals surface area contributed by atoms with E-state index in [0.29, 0.717) is 6.07 Å². The third-order valence-electron chi connectivity index (χ3n) is 2.36. The molecule has 2 rings (SSSR count). The van der Waals surface area contributed by atoms with Gasteiger partial charge >= 0.3 is 0 Å². The zero-order valence-electron chi connectivity index (χ0n) is 9.70. The minimum absolute atomic E-state index is 0.0209. The molecule has 0 aliphatic heterocycles. The van der Waals surface area contributed by atoms with Gasteiger partial charge in [-0.3, -0.25) is 4.72 Å². The largest absolute Gasteiger partial charge is 0.279 e. The maximum absolute atomic E-state index is 13.0. The molecule has 0 spiro atoms. The molecule has 0 fully saturated rings. The first kappa shape index (κ1) is 14.9. The van der Waals surface area contributed by atoms with Gasteiger partial charge in [-0.25, -0.2) is 21.6 Å². The van der Waals surface area contributed by atoms with Gasteiger partial charge in [0.15, 0.2) is 11.6 Å². The number of nitrogens with one attached hydrogen (secondary N) is 1. The zero-order chi connectivity index (χ0) is 14.9. The Labute approximate surface area is 121 Å². The average molecular weight is 366 g/mol. The lowest BCUT2D eigenvalue weighted by Crippen LogP contribution is -2.14. The molecule has 106 valence electrons. The molecule has 8 heteroatoms. The molecule has 1 N–H and O–H groups in total. The SMILES string of the molecule is O=S(=O)(Nc1ccc(F)c(F)c1)c1ccc(F)cc1Br. The molecular formula is C12H7BrF3NO2S. The highest BCUT2D eigenvalue weighted by atomic mass is 79.9. The third-order valence-corrected chi connectivity index (χ3v) is 4.71. The van der Waals surface area contributed by atoms with E-state index in [2.05, 4.69) is 20.7 Å². The second-order valence-electron chi connectivity index (χ2n) is 3.81. The zero-order valence-corrected chi connectivity index (χ0v) is 12.1. The number of sulfonamides is 1. The van der Waals surface area contributed by atoms with Crippen molar-refractivity contribution < 1.29 is 21.6 Å². The highest BCUT2D eigenvalue weighted by Crippen LogP contribution is 2.25. The maximum Gasteiger partial charge on any atom is 0.263 e. The van der Waals surface area contributed by atoms with Crippen molar-refractivity contribution in [3.63, 3.8) is 0 Å². The van der Waals surface area contributed by atoms with Crippen molar-refractivity contribution in [1.82, 2.24) is 0 Å². The summed E-state index contributed by atoms with van der Waals surface area (Å²) in [6, 6.07) is 5.61. The van der Waals surface area contributed by atoms with E-state index in [1.54, 1.807) is 0 Å². The fourth-order valence-corrected chi connectivity index (χ4v) is 3.56. The van der Waals surface area contributed by atoms with Gasteiger partial charge in [0.1, 0.15) is 10.7 Å². The van der Waals surface area contributed by atoms with E-state index in [9.17, 15) is 21.6 Å². The van der Waals surface area contributed by atoms with Crippen LogP contribution < -0.4 is 4.72 Å². The Balaban J connectivity index is 2.38. The summed E-state index contributed by atoms with van der Waals surface area (Å²) in [5.74, 6) is -2.87. The second-order valence-corrected chi connectivity index (χ2v) is 6.31. The van der Waals surface area contributed by atoms with Crippen molar-refractivity contribution in [3.05, 3.63) is 58.3 Å². The van der Waals surface area contributed by atoms with E-state index in [1.807, 2.05) is 0 Å². The lowest BCUT2D eigenvalue weighted by Gasteiger charge is -2.09. The van der Waals surface area contributed by atoms with Crippen molar-refractivity contribution in [2.75, 3.05) is 4.72 Å². The Hall–Kier alpha value is -1.54. The van der Waals surface area contributed by atoms with Gasteiger partial charge in [0, 0.05) is 10.5 Å². The number of hydrogen-bond donors (Lipinski definition) is 1. The van der Waals surface area contributed by atoms with Gasteiger partial charge < -0.3 is 0 Å². The standard InChI is InChI=1S/C12H7BrF3NO2S/c13-9-5-7(14)1-4-12(9)20(18,19)17-8-2-3-10(15)11(16)6-8/h1-6,17H. The molecule has 0 saturated carbocycles. The smallest absolute Gasteiger partial charge is 0.263 e. The van der Waals surface area contributed by atoms with Crippen LogP contribution in [-0.2, 0) is 10.0 Å². The predicted molar refractivity (Wildman–Crippen MR) is 71.3 cm³/mol. The molecule has 0 saturated heterocycles. The summed E-state index contributed by atoms with van der Waals surface area (Å²) in [7, 11) is -4.04. The van der Waals surface area contributed by atoms with Crippen LogP contribution in [0.2, 0.25) is 0 Å². The average Bonchev–Trinajstić information content (AvgIpc) is 2.33. The van der Waals surface area contributed by atoms with Crippen LogP contribution in [0.1, 0.15) is 0 Å². The first-order valence-corrected chi connectivity index (χ1v) is 7.50. The van der Waals surface area contributed by atoms with Gasteiger partial charge in [0.25, 0.3) is 10.0 Å². The van der Waals surface area contributed by atoms with E-state index in [0.717, 1.165) is 30.3 Å². The van der Waals surface area contributed by atoms with Crippen LogP contribution in [-0.4, -0.2) is 8.42 Å². The molecule has 2 aromatic rings. The van der Waals surface area contributed by atoms with Gasteiger partial charge in [-0.1, -0.05) is 0 Å². The van der Waals surface area contributed by atoms with Crippen LogP contribution in [0.15, 0.2) is 45.8 Å². The molecule has 20 heavy (non-hydrogen) atoms. The first-order chi connectivity index (χ1) is 9.29. The summed E-state index contributed by atoms with van der Waals surface area (Å²) < 4.78 is 64.9. The number of hydrogen-bond acceptors (Lipinski definition) is 2. The fraction of sp³-hybridized carbons (Fsp3) is 0. The van der Waals surface area contributed by atoms with Crippen LogP contribution in [0.4, 0.5) is 18.9 Å². The minimum atomic E-state index is -4.04. The summed E-state index contributed by atoms with van der Waals surface area (Å²) in [6.07, 6.45) is 0. The van der Waals surface area contributed by atoms with Crippen LogP contribution in [0.5, 0.6) is 0 Å². The molecule has 0 bridgehead atoms. The van der Waals surface area contributed by atoms with Crippen molar-refractivity contribution in [2.24, 2.45) is 0 Å². The van der Waals surface area contributed by atoms with Crippen LogP contribution >= 0.6 is 15.9 Å². The molecule has 0 atom stereocenters.